The molecular formula is C19H19N3O4S. The molecule has 0 unspecified atom stereocenters. The van der Waals surface area contributed by atoms with E-state index in [0.29, 0.717) is 5.75 Å². The first-order valence-corrected chi connectivity index (χ1v) is 9.91. The van der Waals surface area contributed by atoms with Crippen LogP contribution in [-0.4, -0.2) is 56.3 Å². The Bertz CT molecular complexity index is 946. The zero-order valence-corrected chi connectivity index (χ0v) is 15.4. The zero-order chi connectivity index (χ0) is 19.3. The summed E-state index contributed by atoms with van der Waals surface area (Å²) in [6.45, 7) is 0.836. The lowest BCUT2D eigenvalue weighted by molar-refractivity contribution is -0.134. The molecule has 0 spiro atoms. The second-order valence-corrected chi connectivity index (χ2v) is 7.90. The first kappa shape index (κ1) is 18.9. The van der Waals surface area contributed by atoms with E-state index in [0.717, 1.165) is 0 Å². The first-order chi connectivity index (χ1) is 13.0. The van der Waals surface area contributed by atoms with Crippen molar-refractivity contribution >= 4 is 15.9 Å². The molecule has 2 aromatic rings. The molecular weight excluding hydrogens is 366 g/mol. The number of sulfonamides is 1. The summed E-state index contributed by atoms with van der Waals surface area (Å²) in [6, 6.07) is 17.1. The average Bonchev–Trinajstić information content (AvgIpc) is 2.72. The van der Waals surface area contributed by atoms with E-state index < -0.39 is 10.0 Å². The second kappa shape index (κ2) is 8.20. The van der Waals surface area contributed by atoms with Gasteiger partial charge >= 0.3 is 0 Å². The molecule has 1 fully saturated rings. The van der Waals surface area contributed by atoms with Gasteiger partial charge in [0.2, 0.25) is 10.0 Å². The summed E-state index contributed by atoms with van der Waals surface area (Å²) in [6.07, 6.45) is 0. The summed E-state index contributed by atoms with van der Waals surface area (Å²) in [4.78, 5) is 13.9. The van der Waals surface area contributed by atoms with E-state index in [-0.39, 0.29) is 49.2 Å². The second-order valence-electron chi connectivity index (χ2n) is 5.99. The van der Waals surface area contributed by atoms with Crippen molar-refractivity contribution in [2.45, 2.75) is 4.90 Å². The van der Waals surface area contributed by atoms with E-state index in [4.69, 9.17) is 10.00 Å². The number of para-hydroxylation sites is 1. The summed E-state index contributed by atoms with van der Waals surface area (Å²) >= 11 is 0. The maximum absolute atomic E-state index is 12.8. The number of nitrogens with zero attached hydrogens (tertiary/aromatic N) is 3. The predicted molar refractivity (Wildman–Crippen MR) is 98.4 cm³/mol. The van der Waals surface area contributed by atoms with Crippen LogP contribution in [0.15, 0.2) is 59.5 Å². The number of piperazine rings is 1. The van der Waals surface area contributed by atoms with Gasteiger partial charge in [0.05, 0.1) is 10.5 Å². The topological polar surface area (TPSA) is 90.7 Å². The molecule has 0 bridgehead atoms. The van der Waals surface area contributed by atoms with Crippen LogP contribution < -0.4 is 4.74 Å². The molecule has 1 aliphatic rings. The Balaban J connectivity index is 1.60. The van der Waals surface area contributed by atoms with Crippen molar-refractivity contribution in [2.24, 2.45) is 0 Å². The minimum absolute atomic E-state index is 0.000289. The fraction of sp³-hybridized carbons (Fsp3) is 0.263. The van der Waals surface area contributed by atoms with Gasteiger partial charge < -0.3 is 9.64 Å². The number of nitriles is 1. The third-order valence-electron chi connectivity index (χ3n) is 4.32. The number of hydrogen-bond donors (Lipinski definition) is 0. The Hall–Kier alpha value is -2.89. The highest BCUT2D eigenvalue weighted by Gasteiger charge is 2.31. The highest BCUT2D eigenvalue weighted by molar-refractivity contribution is 7.89. The zero-order valence-electron chi connectivity index (χ0n) is 14.6. The van der Waals surface area contributed by atoms with Crippen LogP contribution in [0.5, 0.6) is 5.75 Å². The van der Waals surface area contributed by atoms with Gasteiger partial charge in [0.25, 0.3) is 5.91 Å². The Labute approximate surface area is 158 Å². The van der Waals surface area contributed by atoms with E-state index in [2.05, 4.69) is 0 Å². The Morgan fingerprint density at radius 1 is 1.00 bits per heavy atom. The van der Waals surface area contributed by atoms with E-state index in [1.165, 1.54) is 16.4 Å². The van der Waals surface area contributed by atoms with Gasteiger partial charge in [0.1, 0.15) is 11.8 Å². The molecule has 8 heteroatoms. The predicted octanol–water partition coefficient (Wildman–Crippen LogP) is 1.47. The van der Waals surface area contributed by atoms with Crippen LogP contribution in [0.25, 0.3) is 0 Å². The molecule has 0 atom stereocenters. The fourth-order valence-electron chi connectivity index (χ4n) is 2.85. The van der Waals surface area contributed by atoms with E-state index >= 15 is 0 Å². The van der Waals surface area contributed by atoms with Crippen LogP contribution in [-0.2, 0) is 14.8 Å². The first-order valence-electron chi connectivity index (χ1n) is 8.47. The van der Waals surface area contributed by atoms with Crippen molar-refractivity contribution in [1.82, 2.24) is 9.21 Å². The van der Waals surface area contributed by atoms with Gasteiger partial charge in [0, 0.05) is 26.2 Å². The van der Waals surface area contributed by atoms with Crippen molar-refractivity contribution in [3.63, 3.8) is 0 Å². The minimum atomic E-state index is -3.77. The molecule has 1 amide bonds. The Morgan fingerprint density at radius 3 is 2.30 bits per heavy atom. The summed E-state index contributed by atoms with van der Waals surface area (Å²) in [5, 5.41) is 9.15. The lowest BCUT2D eigenvalue weighted by Crippen LogP contribution is -2.51. The largest absolute Gasteiger partial charge is 0.484 e. The maximum Gasteiger partial charge on any atom is 0.260 e. The smallest absolute Gasteiger partial charge is 0.260 e. The molecule has 0 aromatic heterocycles. The molecule has 0 N–H and O–H groups in total. The normalized spacial score (nSPS) is 15.1. The van der Waals surface area contributed by atoms with Gasteiger partial charge in [0.15, 0.2) is 6.61 Å². The van der Waals surface area contributed by atoms with Crippen molar-refractivity contribution in [3.8, 4) is 11.8 Å². The third kappa shape index (κ3) is 4.27. The SMILES string of the molecule is N#Cc1ccccc1S(=O)(=O)N1CCN(C(=O)COc2ccccc2)CC1. The van der Waals surface area contributed by atoms with Crippen LogP contribution in [0.1, 0.15) is 5.56 Å². The van der Waals surface area contributed by atoms with Gasteiger partial charge in [-0.25, -0.2) is 8.42 Å². The molecule has 3 rings (SSSR count). The van der Waals surface area contributed by atoms with Gasteiger partial charge in [-0.2, -0.15) is 9.57 Å². The number of rotatable bonds is 5. The molecule has 0 aliphatic carbocycles. The molecule has 1 heterocycles. The van der Waals surface area contributed by atoms with E-state index in [1.807, 2.05) is 24.3 Å². The van der Waals surface area contributed by atoms with Crippen LogP contribution in [0.3, 0.4) is 0 Å². The molecule has 140 valence electrons. The van der Waals surface area contributed by atoms with Crippen molar-refractivity contribution in [3.05, 3.63) is 60.2 Å². The minimum Gasteiger partial charge on any atom is -0.484 e. The number of hydrogen-bond acceptors (Lipinski definition) is 5. The molecule has 7 nitrogen and oxygen atoms in total. The van der Waals surface area contributed by atoms with E-state index in [1.54, 1.807) is 29.2 Å². The number of carbonyl (C=O) groups is 1. The highest BCUT2D eigenvalue weighted by atomic mass is 32.2. The third-order valence-corrected chi connectivity index (χ3v) is 6.28. The van der Waals surface area contributed by atoms with Crippen LogP contribution >= 0.6 is 0 Å². The van der Waals surface area contributed by atoms with Crippen LogP contribution in [0.2, 0.25) is 0 Å². The molecule has 0 radical (unpaired) electrons. The number of ether oxygens (including phenoxy) is 1. The van der Waals surface area contributed by atoms with Gasteiger partial charge in [-0.05, 0) is 24.3 Å². The average molecular weight is 385 g/mol. The van der Waals surface area contributed by atoms with Crippen LogP contribution in [0, 0.1) is 11.3 Å². The Kier molecular flexibility index (Phi) is 5.74. The van der Waals surface area contributed by atoms with Crippen molar-refractivity contribution in [1.29, 1.82) is 5.26 Å². The lowest BCUT2D eigenvalue weighted by atomic mass is 10.2. The number of amides is 1. The van der Waals surface area contributed by atoms with E-state index in [9.17, 15) is 13.2 Å². The summed E-state index contributed by atoms with van der Waals surface area (Å²) < 4.78 is 32.4. The monoisotopic (exact) mass is 385 g/mol. The summed E-state index contributed by atoms with van der Waals surface area (Å²) in [5.41, 5.74) is 0.118. The molecule has 1 aliphatic heterocycles. The quantitative estimate of drug-likeness (QED) is 0.777. The molecule has 2 aromatic carbocycles. The lowest BCUT2D eigenvalue weighted by Gasteiger charge is -2.34. The Morgan fingerprint density at radius 2 is 1.63 bits per heavy atom. The summed E-state index contributed by atoms with van der Waals surface area (Å²) in [5.74, 6) is 0.425. The fourth-order valence-corrected chi connectivity index (χ4v) is 4.42. The van der Waals surface area contributed by atoms with Gasteiger partial charge in [-0.15, -0.1) is 0 Å². The van der Waals surface area contributed by atoms with Gasteiger partial charge in [-0.1, -0.05) is 30.3 Å². The maximum atomic E-state index is 12.8. The van der Waals surface area contributed by atoms with Crippen molar-refractivity contribution in [2.75, 3.05) is 32.8 Å². The summed E-state index contributed by atoms with van der Waals surface area (Å²) in [7, 11) is -3.77. The molecule has 1 saturated heterocycles. The molecule has 27 heavy (non-hydrogen) atoms. The highest BCUT2D eigenvalue weighted by Crippen LogP contribution is 2.21. The molecule has 0 saturated carbocycles. The number of benzene rings is 2. The standard InChI is InChI=1S/C19H19N3O4S/c20-14-16-6-4-5-9-18(16)27(24,25)22-12-10-21(11-13-22)19(23)15-26-17-7-2-1-3-8-17/h1-9H,10-13,15H2. The van der Waals surface area contributed by atoms with Crippen molar-refractivity contribution < 1.29 is 17.9 Å². The number of carbonyl (C=O) groups excluding carboxylic acids is 1. The van der Waals surface area contributed by atoms with Gasteiger partial charge in [-0.3, -0.25) is 4.79 Å². The van der Waals surface area contributed by atoms with Crippen LogP contribution in [0.4, 0.5) is 0 Å².